The Bertz CT molecular complexity index is 807. The number of rotatable bonds is 5. The molecule has 0 atom stereocenters. The zero-order chi connectivity index (χ0) is 18.4. The van der Waals surface area contributed by atoms with Crippen molar-refractivity contribution in [2.75, 3.05) is 18.6 Å². The summed E-state index contributed by atoms with van der Waals surface area (Å²) in [5.41, 5.74) is 1.77. The summed E-state index contributed by atoms with van der Waals surface area (Å²) in [4.78, 5) is 16.2. The molecule has 136 valence electrons. The maximum atomic E-state index is 12.3. The van der Waals surface area contributed by atoms with E-state index in [-0.39, 0.29) is 4.58 Å². The number of hydrogen-bond acceptors (Lipinski definition) is 6. The normalized spacial score (nSPS) is 15.2. The Morgan fingerprint density at radius 1 is 1.27 bits per heavy atom. The number of methoxy groups -OCH3 is 1. The second-order valence-electron chi connectivity index (χ2n) is 5.50. The summed E-state index contributed by atoms with van der Waals surface area (Å²) in [6.07, 6.45) is 5.83. The van der Waals surface area contributed by atoms with E-state index >= 15 is 0 Å². The van der Waals surface area contributed by atoms with Crippen LogP contribution in [0.4, 0.5) is 0 Å². The van der Waals surface area contributed by atoms with Crippen LogP contribution >= 0.6 is 35.1 Å². The zero-order valence-electron chi connectivity index (χ0n) is 14.2. The topological polar surface area (TPSA) is 48.4 Å². The fourth-order valence-corrected chi connectivity index (χ4v) is 5.53. The van der Waals surface area contributed by atoms with Crippen LogP contribution in [0, 0.1) is 0 Å². The Labute approximate surface area is 166 Å². The molecular weight excluding hydrogens is 390 g/mol. The molecule has 0 aliphatic carbocycles. The van der Waals surface area contributed by atoms with Crippen molar-refractivity contribution >= 4 is 47.2 Å². The van der Waals surface area contributed by atoms with Crippen LogP contribution in [0.3, 0.4) is 0 Å². The molecule has 0 amide bonds. The van der Waals surface area contributed by atoms with E-state index in [4.69, 9.17) is 21.1 Å². The molecule has 1 aromatic carbocycles. The average molecular weight is 408 g/mol. The van der Waals surface area contributed by atoms with Crippen LogP contribution in [0.5, 0.6) is 11.5 Å². The molecule has 3 rings (SSSR count). The van der Waals surface area contributed by atoms with Crippen molar-refractivity contribution in [1.82, 2.24) is 4.98 Å². The molecule has 2 heterocycles. The lowest BCUT2D eigenvalue weighted by atomic mass is 10.2. The van der Waals surface area contributed by atoms with Crippen molar-refractivity contribution in [3.8, 4) is 11.5 Å². The maximum absolute atomic E-state index is 12.3. The second kappa shape index (κ2) is 9.35. The van der Waals surface area contributed by atoms with E-state index in [9.17, 15) is 4.79 Å². The molecule has 1 aliphatic rings. The molecule has 0 spiro atoms. The van der Waals surface area contributed by atoms with Crippen LogP contribution in [0.1, 0.15) is 22.1 Å². The highest BCUT2D eigenvalue weighted by atomic mass is 35.5. The fourth-order valence-electron chi connectivity index (χ4n) is 2.43. The molecule has 26 heavy (non-hydrogen) atoms. The number of halogens is 1. The van der Waals surface area contributed by atoms with E-state index in [2.05, 4.69) is 4.98 Å². The van der Waals surface area contributed by atoms with E-state index < -0.39 is 5.97 Å². The van der Waals surface area contributed by atoms with Gasteiger partial charge in [0.2, 0.25) is 0 Å². The Morgan fingerprint density at radius 2 is 2.08 bits per heavy atom. The van der Waals surface area contributed by atoms with E-state index in [1.807, 2.05) is 29.6 Å². The lowest BCUT2D eigenvalue weighted by molar-refractivity contribution is -0.128. The molecule has 0 N–H and O–H groups in total. The highest BCUT2D eigenvalue weighted by Crippen LogP contribution is 2.47. The molecule has 7 heteroatoms. The molecule has 1 saturated heterocycles. The van der Waals surface area contributed by atoms with Crippen molar-refractivity contribution in [1.29, 1.82) is 0 Å². The smallest absolute Gasteiger partial charge is 0.336 e. The third-order valence-electron chi connectivity index (χ3n) is 3.67. The van der Waals surface area contributed by atoms with Crippen molar-refractivity contribution in [3.05, 3.63) is 58.9 Å². The lowest BCUT2D eigenvalue weighted by Crippen LogP contribution is -2.08. The number of ether oxygens (including phenoxy) is 2. The molecule has 1 aromatic heterocycles. The number of esters is 1. The van der Waals surface area contributed by atoms with Gasteiger partial charge in [-0.25, -0.2) is 9.78 Å². The Balaban J connectivity index is 1.76. The number of aromatic nitrogens is 1. The Kier molecular flexibility index (Phi) is 6.88. The molecule has 1 aliphatic heterocycles. The number of carbonyl (C=O) groups excluding carboxylic acids is 1. The van der Waals surface area contributed by atoms with Crippen LogP contribution in [-0.2, 0) is 4.79 Å². The van der Waals surface area contributed by atoms with Gasteiger partial charge < -0.3 is 9.47 Å². The first-order valence-electron chi connectivity index (χ1n) is 8.08. The standard InChI is InChI=1S/C19H18ClNO3S2/c1-23-14-4-5-16(15(12-14)19-25-9-2-10-26-19)24-18(22)6-3-13-7-8-21-17(20)11-13/h3-8,11-12,19H,2,9-10H2,1H3/b6-3-. The summed E-state index contributed by atoms with van der Waals surface area (Å²) in [6.45, 7) is 0. The van der Waals surface area contributed by atoms with Gasteiger partial charge in [-0.15, -0.1) is 23.5 Å². The van der Waals surface area contributed by atoms with Gasteiger partial charge >= 0.3 is 5.97 Å². The summed E-state index contributed by atoms with van der Waals surface area (Å²) >= 11 is 9.58. The zero-order valence-corrected chi connectivity index (χ0v) is 16.6. The number of hydrogen-bond donors (Lipinski definition) is 0. The van der Waals surface area contributed by atoms with E-state index in [0.717, 1.165) is 28.4 Å². The van der Waals surface area contributed by atoms with Gasteiger partial charge in [-0.05, 0) is 59.9 Å². The first-order valence-corrected chi connectivity index (χ1v) is 10.6. The summed E-state index contributed by atoms with van der Waals surface area (Å²) in [5, 5.41) is 0.379. The van der Waals surface area contributed by atoms with Crippen molar-refractivity contribution < 1.29 is 14.3 Å². The largest absolute Gasteiger partial charge is 0.497 e. The van der Waals surface area contributed by atoms with Crippen LogP contribution in [0.25, 0.3) is 6.08 Å². The average Bonchev–Trinajstić information content (AvgIpc) is 2.67. The number of carbonyl (C=O) groups is 1. The van der Waals surface area contributed by atoms with Gasteiger partial charge in [-0.3, -0.25) is 0 Å². The molecule has 0 saturated carbocycles. The first kappa shape index (κ1) is 19.1. The first-order chi connectivity index (χ1) is 12.7. The molecule has 0 unspecified atom stereocenters. The van der Waals surface area contributed by atoms with Gasteiger partial charge in [-0.2, -0.15) is 0 Å². The van der Waals surface area contributed by atoms with Crippen LogP contribution in [0.15, 0.2) is 42.6 Å². The predicted molar refractivity (Wildman–Crippen MR) is 109 cm³/mol. The second-order valence-corrected chi connectivity index (χ2v) is 8.61. The SMILES string of the molecule is COc1ccc(OC(=O)/C=C\c2ccnc(Cl)c2)c(C2SCCCS2)c1. The number of benzene rings is 1. The van der Waals surface area contributed by atoms with Crippen molar-refractivity contribution in [2.45, 2.75) is 11.0 Å². The van der Waals surface area contributed by atoms with Crippen LogP contribution in [-0.4, -0.2) is 29.6 Å². The fraction of sp³-hybridized carbons (Fsp3) is 0.263. The van der Waals surface area contributed by atoms with Crippen LogP contribution in [0.2, 0.25) is 5.15 Å². The number of nitrogens with zero attached hydrogens (tertiary/aromatic N) is 1. The summed E-state index contributed by atoms with van der Waals surface area (Å²) < 4.78 is 11.2. The summed E-state index contributed by atoms with van der Waals surface area (Å²) in [6, 6.07) is 8.99. The quantitative estimate of drug-likeness (QED) is 0.292. The molecule has 0 bridgehead atoms. The third kappa shape index (κ3) is 5.19. The lowest BCUT2D eigenvalue weighted by Gasteiger charge is -2.23. The summed E-state index contributed by atoms with van der Waals surface area (Å²) in [5.74, 6) is 3.10. The summed E-state index contributed by atoms with van der Waals surface area (Å²) in [7, 11) is 1.63. The van der Waals surface area contributed by atoms with Gasteiger partial charge in [0.05, 0.1) is 11.7 Å². The third-order valence-corrected chi connectivity index (χ3v) is 6.86. The van der Waals surface area contributed by atoms with Gasteiger partial charge in [0, 0.05) is 17.8 Å². The van der Waals surface area contributed by atoms with Crippen LogP contribution < -0.4 is 9.47 Å². The molecule has 0 radical (unpaired) electrons. The minimum atomic E-state index is -0.435. The molecule has 1 fully saturated rings. The van der Waals surface area contributed by atoms with Gasteiger partial charge in [0.25, 0.3) is 0 Å². The minimum Gasteiger partial charge on any atom is -0.497 e. The Morgan fingerprint density at radius 3 is 2.81 bits per heavy atom. The van der Waals surface area contributed by atoms with E-state index in [1.54, 1.807) is 43.6 Å². The van der Waals surface area contributed by atoms with Crippen molar-refractivity contribution in [3.63, 3.8) is 0 Å². The highest BCUT2D eigenvalue weighted by molar-refractivity contribution is 8.16. The molecule has 4 nitrogen and oxygen atoms in total. The molecular formula is C19H18ClNO3S2. The van der Waals surface area contributed by atoms with E-state index in [0.29, 0.717) is 10.9 Å². The number of thioether (sulfide) groups is 2. The maximum Gasteiger partial charge on any atom is 0.336 e. The molecule has 2 aromatic rings. The predicted octanol–water partition coefficient (Wildman–Crippen LogP) is 5.23. The van der Waals surface area contributed by atoms with E-state index in [1.165, 1.54) is 12.5 Å². The van der Waals surface area contributed by atoms with Gasteiger partial charge in [-0.1, -0.05) is 11.6 Å². The highest BCUT2D eigenvalue weighted by Gasteiger charge is 2.22. The minimum absolute atomic E-state index is 0.240. The Hall–Kier alpha value is -1.63. The monoisotopic (exact) mass is 407 g/mol. The van der Waals surface area contributed by atoms with Crippen molar-refractivity contribution in [2.24, 2.45) is 0 Å². The number of pyridine rings is 1. The van der Waals surface area contributed by atoms with Gasteiger partial charge in [0.1, 0.15) is 16.7 Å². The van der Waals surface area contributed by atoms with Gasteiger partial charge in [0.15, 0.2) is 0 Å².